The Bertz CT molecular complexity index is 1470. The molecule has 0 spiro atoms. The fourth-order valence-corrected chi connectivity index (χ4v) is 5.61. The van der Waals surface area contributed by atoms with Crippen molar-refractivity contribution in [2.75, 3.05) is 21.9 Å². The number of sulfonamides is 1. The molecule has 0 saturated carbocycles. The van der Waals surface area contributed by atoms with Gasteiger partial charge in [0.05, 0.1) is 27.7 Å². The lowest BCUT2D eigenvalue weighted by Gasteiger charge is -2.17. The molecule has 33 heavy (non-hydrogen) atoms. The highest BCUT2D eigenvalue weighted by Crippen LogP contribution is 2.31. The zero-order chi connectivity index (χ0) is 23.0. The third kappa shape index (κ3) is 4.27. The van der Waals surface area contributed by atoms with E-state index in [9.17, 15) is 13.2 Å². The van der Waals surface area contributed by atoms with E-state index in [4.69, 9.17) is 11.6 Å². The molecule has 1 saturated heterocycles. The standard InChI is InChI=1S/C24H19ClN4O3S/c25-21-8-5-18(14-20(21)23-9-4-17-15-26-11-10-22(17)28-23)27-24(30)16-2-6-19(7-3-16)29-12-1-13-33(29,31)32/h2-11,14-15H,1,12-13H2,(H,27,30). The summed E-state index contributed by atoms with van der Waals surface area (Å²) in [6.45, 7) is 0.459. The number of hydrogen-bond donors (Lipinski definition) is 1. The van der Waals surface area contributed by atoms with Crippen LogP contribution in [-0.4, -0.2) is 36.6 Å². The number of fused-ring (bicyclic) bond motifs is 1. The summed E-state index contributed by atoms with van der Waals surface area (Å²) < 4.78 is 25.6. The number of halogens is 1. The Kier molecular flexibility index (Phi) is 5.47. The van der Waals surface area contributed by atoms with E-state index in [1.807, 2.05) is 18.2 Å². The minimum atomic E-state index is -3.26. The van der Waals surface area contributed by atoms with E-state index in [1.165, 1.54) is 4.31 Å². The van der Waals surface area contributed by atoms with Gasteiger partial charge in [0.2, 0.25) is 10.0 Å². The molecule has 7 nitrogen and oxygen atoms in total. The van der Waals surface area contributed by atoms with Crippen molar-refractivity contribution in [3.8, 4) is 11.3 Å². The molecule has 2 aromatic carbocycles. The first-order valence-electron chi connectivity index (χ1n) is 10.3. The molecule has 9 heteroatoms. The largest absolute Gasteiger partial charge is 0.322 e. The summed E-state index contributed by atoms with van der Waals surface area (Å²) in [6, 6.07) is 17.4. The van der Waals surface area contributed by atoms with E-state index in [0.717, 1.165) is 10.9 Å². The highest BCUT2D eigenvalue weighted by atomic mass is 35.5. The molecule has 3 heterocycles. The van der Waals surface area contributed by atoms with E-state index >= 15 is 0 Å². The number of benzene rings is 2. The molecule has 166 valence electrons. The van der Waals surface area contributed by atoms with Gasteiger partial charge in [0.1, 0.15) is 0 Å². The average molecular weight is 479 g/mol. The maximum atomic E-state index is 12.8. The number of carbonyl (C=O) groups excluding carboxylic acids is 1. The van der Waals surface area contributed by atoms with E-state index in [1.54, 1.807) is 54.9 Å². The third-order valence-electron chi connectivity index (χ3n) is 5.51. The minimum absolute atomic E-state index is 0.150. The van der Waals surface area contributed by atoms with Crippen LogP contribution in [-0.2, 0) is 10.0 Å². The first-order chi connectivity index (χ1) is 15.9. The second kappa shape index (κ2) is 8.46. The number of anilines is 2. The lowest BCUT2D eigenvalue weighted by atomic mass is 10.1. The fraction of sp³-hybridized carbons (Fsp3) is 0.125. The van der Waals surface area contributed by atoms with Gasteiger partial charge in [0.25, 0.3) is 5.91 Å². The number of rotatable bonds is 4. The molecule has 4 aromatic rings. The number of nitrogens with zero attached hydrogens (tertiary/aromatic N) is 3. The third-order valence-corrected chi connectivity index (χ3v) is 7.71. The van der Waals surface area contributed by atoms with Crippen LogP contribution in [0, 0.1) is 0 Å². The van der Waals surface area contributed by atoms with E-state index in [0.29, 0.717) is 46.2 Å². The van der Waals surface area contributed by atoms with Gasteiger partial charge < -0.3 is 5.32 Å². The minimum Gasteiger partial charge on any atom is -0.322 e. The molecule has 1 N–H and O–H groups in total. The highest BCUT2D eigenvalue weighted by Gasteiger charge is 2.28. The fourth-order valence-electron chi connectivity index (χ4n) is 3.83. The molecule has 0 radical (unpaired) electrons. The smallest absolute Gasteiger partial charge is 0.255 e. The maximum Gasteiger partial charge on any atom is 0.255 e. The van der Waals surface area contributed by atoms with E-state index in [-0.39, 0.29) is 11.7 Å². The SMILES string of the molecule is O=C(Nc1ccc(Cl)c(-c2ccc3cnccc3n2)c1)c1ccc(N2CCCS2(=O)=O)cc1. The van der Waals surface area contributed by atoms with Crippen LogP contribution in [0.25, 0.3) is 22.2 Å². The van der Waals surface area contributed by atoms with Crippen LogP contribution in [0.2, 0.25) is 5.02 Å². The number of amides is 1. The Morgan fingerprint density at radius 3 is 2.61 bits per heavy atom. The summed E-state index contributed by atoms with van der Waals surface area (Å²) in [5.74, 6) is -0.159. The Labute approximate surface area is 196 Å². The zero-order valence-electron chi connectivity index (χ0n) is 17.4. The predicted octanol–water partition coefficient (Wildman–Crippen LogP) is 4.74. The predicted molar refractivity (Wildman–Crippen MR) is 130 cm³/mol. The first-order valence-corrected chi connectivity index (χ1v) is 12.3. The molecule has 2 aromatic heterocycles. The highest BCUT2D eigenvalue weighted by molar-refractivity contribution is 7.93. The van der Waals surface area contributed by atoms with Crippen molar-refractivity contribution in [1.82, 2.24) is 9.97 Å². The topological polar surface area (TPSA) is 92.3 Å². The number of nitrogens with one attached hydrogen (secondary N) is 1. The van der Waals surface area contributed by atoms with Gasteiger partial charge in [0.15, 0.2) is 0 Å². The molecule has 0 bridgehead atoms. The molecule has 0 unspecified atom stereocenters. The van der Waals surface area contributed by atoms with Crippen molar-refractivity contribution >= 4 is 49.8 Å². The zero-order valence-corrected chi connectivity index (χ0v) is 19.0. The number of hydrogen-bond acceptors (Lipinski definition) is 5. The van der Waals surface area contributed by atoms with Crippen LogP contribution < -0.4 is 9.62 Å². The summed E-state index contributed by atoms with van der Waals surface area (Å²) in [7, 11) is -3.26. The van der Waals surface area contributed by atoms with Gasteiger partial charge in [-0.2, -0.15) is 0 Å². The van der Waals surface area contributed by atoms with Gasteiger partial charge in [-0.1, -0.05) is 11.6 Å². The molecule has 1 fully saturated rings. The number of aromatic nitrogens is 2. The van der Waals surface area contributed by atoms with Gasteiger partial charge in [-0.3, -0.25) is 14.1 Å². The first kappa shape index (κ1) is 21.4. The lowest BCUT2D eigenvalue weighted by molar-refractivity contribution is 0.102. The van der Waals surface area contributed by atoms with Crippen molar-refractivity contribution in [3.63, 3.8) is 0 Å². The van der Waals surface area contributed by atoms with Crippen molar-refractivity contribution in [1.29, 1.82) is 0 Å². The van der Waals surface area contributed by atoms with Gasteiger partial charge in [-0.15, -0.1) is 0 Å². The van der Waals surface area contributed by atoms with Gasteiger partial charge in [-0.25, -0.2) is 13.4 Å². The molecule has 0 aliphatic carbocycles. The average Bonchev–Trinajstić information content (AvgIpc) is 3.19. The van der Waals surface area contributed by atoms with Crippen molar-refractivity contribution in [2.24, 2.45) is 0 Å². The van der Waals surface area contributed by atoms with Crippen molar-refractivity contribution in [3.05, 3.63) is 83.6 Å². The van der Waals surface area contributed by atoms with Crippen LogP contribution in [0.4, 0.5) is 11.4 Å². The summed E-state index contributed by atoms with van der Waals surface area (Å²) in [6.07, 6.45) is 4.03. The van der Waals surface area contributed by atoms with Crippen molar-refractivity contribution in [2.45, 2.75) is 6.42 Å². The number of pyridine rings is 2. The summed E-state index contributed by atoms with van der Waals surface area (Å²) in [5.41, 5.74) is 3.74. The van der Waals surface area contributed by atoms with Crippen LogP contribution >= 0.6 is 11.6 Å². The monoisotopic (exact) mass is 478 g/mol. The second-order valence-corrected chi connectivity index (χ2v) is 10.1. The Balaban J connectivity index is 1.37. The Morgan fingerprint density at radius 2 is 1.85 bits per heavy atom. The second-order valence-electron chi connectivity index (χ2n) is 7.70. The number of carbonyl (C=O) groups is 1. The Hall–Kier alpha value is -3.49. The van der Waals surface area contributed by atoms with Crippen LogP contribution in [0.5, 0.6) is 0 Å². The van der Waals surface area contributed by atoms with Crippen LogP contribution in [0.1, 0.15) is 16.8 Å². The quantitative estimate of drug-likeness (QED) is 0.457. The molecular formula is C24H19ClN4O3S. The summed E-state index contributed by atoms with van der Waals surface area (Å²) in [5, 5.41) is 4.31. The van der Waals surface area contributed by atoms with Crippen LogP contribution in [0.3, 0.4) is 0 Å². The summed E-state index contributed by atoms with van der Waals surface area (Å²) >= 11 is 6.42. The van der Waals surface area contributed by atoms with Crippen molar-refractivity contribution < 1.29 is 13.2 Å². The summed E-state index contributed by atoms with van der Waals surface area (Å²) in [4.78, 5) is 21.5. The van der Waals surface area contributed by atoms with E-state index < -0.39 is 10.0 Å². The molecule has 1 amide bonds. The normalized spacial score (nSPS) is 15.0. The molecule has 5 rings (SSSR count). The molecule has 1 aliphatic rings. The molecular weight excluding hydrogens is 460 g/mol. The van der Waals surface area contributed by atoms with Crippen LogP contribution in [0.15, 0.2) is 73.1 Å². The Morgan fingerprint density at radius 1 is 1.03 bits per heavy atom. The van der Waals surface area contributed by atoms with Gasteiger partial charge >= 0.3 is 0 Å². The van der Waals surface area contributed by atoms with Gasteiger partial charge in [-0.05, 0) is 67.1 Å². The molecule has 0 atom stereocenters. The van der Waals surface area contributed by atoms with Gasteiger partial charge in [0, 0.05) is 41.1 Å². The lowest BCUT2D eigenvalue weighted by Crippen LogP contribution is -2.25. The van der Waals surface area contributed by atoms with E-state index in [2.05, 4.69) is 15.3 Å². The molecule has 1 aliphatic heterocycles. The maximum absolute atomic E-state index is 12.8.